The molecule has 6 heteroatoms. The fourth-order valence-corrected chi connectivity index (χ4v) is 7.80. The van der Waals surface area contributed by atoms with Crippen LogP contribution in [0.1, 0.15) is 284 Å². The summed E-state index contributed by atoms with van der Waals surface area (Å²) >= 11 is 0. The molecule has 0 radical (unpaired) electrons. The molecule has 0 fully saturated rings. The van der Waals surface area contributed by atoms with Crippen molar-refractivity contribution in [2.45, 2.75) is 290 Å². The van der Waals surface area contributed by atoms with Crippen LogP contribution in [0.5, 0.6) is 0 Å². The normalized spacial score (nSPS) is 12.4. The lowest BCUT2D eigenvalue weighted by Crippen LogP contribution is -2.30. The van der Waals surface area contributed by atoms with Crippen LogP contribution in [-0.4, -0.2) is 37.2 Å². The molecule has 1 atom stereocenters. The van der Waals surface area contributed by atoms with E-state index in [4.69, 9.17) is 14.2 Å². The summed E-state index contributed by atoms with van der Waals surface area (Å²) in [6.45, 7) is 6.58. The van der Waals surface area contributed by atoms with Gasteiger partial charge in [0.15, 0.2) is 6.10 Å². The predicted molar refractivity (Wildman–Crippen MR) is 275 cm³/mol. The largest absolute Gasteiger partial charge is 0.462 e. The highest BCUT2D eigenvalue weighted by Crippen LogP contribution is 2.15. The molecular formula is C58H104O6. The van der Waals surface area contributed by atoms with E-state index >= 15 is 0 Å². The van der Waals surface area contributed by atoms with Gasteiger partial charge in [0, 0.05) is 19.3 Å². The number of esters is 3. The van der Waals surface area contributed by atoms with Crippen molar-refractivity contribution < 1.29 is 28.6 Å². The average molecular weight is 897 g/mol. The first-order valence-electron chi connectivity index (χ1n) is 27.6. The molecule has 0 heterocycles. The first-order valence-corrected chi connectivity index (χ1v) is 27.6. The molecule has 0 saturated heterocycles. The molecule has 0 aliphatic carbocycles. The Balaban J connectivity index is 4.38. The summed E-state index contributed by atoms with van der Waals surface area (Å²) in [5, 5.41) is 0. The van der Waals surface area contributed by atoms with E-state index in [0.717, 1.165) is 77.0 Å². The standard InChI is InChI=1S/C58H104O6/c1-4-7-10-13-16-19-22-25-28-29-31-33-36-39-42-45-48-51-57(60)63-54-55(53-62-56(59)50-47-44-41-38-35-32-27-24-21-18-15-12-9-6-3)64-58(61)52-49-46-43-40-37-34-30-26-23-20-17-14-11-8-5-2/h15,18,20,23-25,27-28,55H,4-14,16-17,19,21-22,26,29-54H2,1-3H3/b18-15+,23-20+,27-24+,28-25+/t55-/m1/s1. The molecule has 0 aliphatic rings. The van der Waals surface area contributed by atoms with Crippen LogP contribution >= 0.6 is 0 Å². The highest BCUT2D eigenvalue weighted by atomic mass is 16.6. The lowest BCUT2D eigenvalue weighted by atomic mass is 10.1. The molecule has 0 aromatic rings. The first kappa shape index (κ1) is 61.4. The second kappa shape index (κ2) is 53.0. The van der Waals surface area contributed by atoms with Crippen molar-refractivity contribution in [3.8, 4) is 0 Å². The summed E-state index contributed by atoms with van der Waals surface area (Å²) < 4.78 is 16.8. The van der Waals surface area contributed by atoms with E-state index in [1.165, 1.54) is 167 Å². The third-order valence-electron chi connectivity index (χ3n) is 12.0. The van der Waals surface area contributed by atoms with E-state index < -0.39 is 6.10 Å². The van der Waals surface area contributed by atoms with Gasteiger partial charge >= 0.3 is 17.9 Å². The van der Waals surface area contributed by atoms with Crippen molar-refractivity contribution in [2.24, 2.45) is 0 Å². The fraction of sp³-hybridized carbons (Fsp3) is 0.810. The van der Waals surface area contributed by atoms with Crippen molar-refractivity contribution in [1.29, 1.82) is 0 Å². The summed E-state index contributed by atoms with van der Waals surface area (Å²) in [6, 6.07) is 0. The lowest BCUT2D eigenvalue weighted by Gasteiger charge is -2.18. The first-order chi connectivity index (χ1) is 31.5. The Hall–Kier alpha value is -2.63. The number of hydrogen-bond donors (Lipinski definition) is 0. The van der Waals surface area contributed by atoms with Gasteiger partial charge in [0.25, 0.3) is 0 Å². The SMILES string of the molecule is CCCC/C=C/C/C=C/CCCCCCCC(=O)OC[C@H](COC(=O)CCCCCCCCC/C=C/CCCCCCCC)OC(=O)CCCCCCCCC/C=C/CCCCCC. The molecule has 6 nitrogen and oxygen atoms in total. The van der Waals surface area contributed by atoms with Crippen molar-refractivity contribution in [3.63, 3.8) is 0 Å². The van der Waals surface area contributed by atoms with E-state index in [1.54, 1.807) is 0 Å². The maximum Gasteiger partial charge on any atom is 0.306 e. The summed E-state index contributed by atoms with van der Waals surface area (Å²) in [5.74, 6) is -0.893. The van der Waals surface area contributed by atoms with Gasteiger partial charge in [0.05, 0.1) is 0 Å². The Morgan fingerprint density at radius 3 is 0.938 bits per heavy atom. The summed E-state index contributed by atoms with van der Waals surface area (Å²) in [5.41, 5.74) is 0. The maximum absolute atomic E-state index is 12.8. The second-order valence-electron chi connectivity index (χ2n) is 18.5. The predicted octanol–water partition coefficient (Wildman–Crippen LogP) is 18.3. The van der Waals surface area contributed by atoms with Crippen LogP contribution in [0, 0.1) is 0 Å². The molecule has 0 bridgehead atoms. The average Bonchev–Trinajstić information content (AvgIpc) is 3.29. The Labute approximate surface area is 397 Å². The Kier molecular flexibility index (Phi) is 50.8. The number of rotatable bonds is 50. The van der Waals surface area contributed by atoms with E-state index in [1.807, 2.05) is 0 Å². The molecule has 64 heavy (non-hydrogen) atoms. The minimum atomic E-state index is -0.781. The highest BCUT2D eigenvalue weighted by molar-refractivity contribution is 5.71. The molecule has 0 unspecified atom stereocenters. The van der Waals surface area contributed by atoms with Gasteiger partial charge in [0.1, 0.15) is 13.2 Å². The van der Waals surface area contributed by atoms with Crippen LogP contribution in [0.3, 0.4) is 0 Å². The van der Waals surface area contributed by atoms with Gasteiger partial charge in [-0.15, -0.1) is 0 Å². The molecule has 0 spiro atoms. The molecular weight excluding hydrogens is 793 g/mol. The van der Waals surface area contributed by atoms with Gasteiger partial charge in [-0.1, -0.05) is 217 Å². The summed E-state index contributed by atoms with van der Waals surface area (Å²) in [4.78, 5) is 38.1. The van der Waals surface area contributed by atoms with E-state index in [9.17, 15) is 14.4 Å². The van der Waals surface area contributed by atoms with Crippen LogP contribution in [0.2, 0.25) is 0 Å². The third kappa shape index (κ3) is 50.4. The number of carbonyl (C=O) groups excluding carboxylic acids is 3. The Bertz CT molecular complexity index is 1120. The molecule has 0 rings (SSSR count). The van der Waals surface area contributed by atoms with Gasteiger partial charge in [-0.25, -0.2) is 0 Å². The zero-order valence-corrected chi connectivity index (χ0v) is 42.6. The molecule has 0 N–H and O–H groups in total. The van der Waals surface area contributed by atoms with Crippen LogP contribution in [0.25, 0.3) is 0 Å². The van der Waals surface area contributed by atoms with Crippen molar-refractivity contribution >= 4 is 17.9 Å². The minimum absolute atomic E-state index is 0.0805. The van der Waals surface area contributed by atoms with Gasteiger partial charge in [-0.3, -0.25) is 14.4 Å². The number of hydrogen-bond acceptors (Lipinski definition) is 6. The quantitative estimate of drug-likeness (QED) is 0.0262. The van der Waals surface area contributed by atoms with E-state index in [-0.39, 0.29) is 31.1 Å². The van der Waals surface area contributed by atoms with Gasteiger partial charge in [-0.05, 0) is 96.3 Å². The minimum Gasteiger partial charge on any atom is -0.462 e. The van der Waals surface area contributed by atoms with E-state index in [0.29, 0.717) is 19.3 Å². The molecule has 0 amide bonds. The fourth-order valence-electron chi connectivity index (χ4n) is 7.80. The monoisotopic (exact) mass is 897 g/mol. The van der Waals surface area contributed by atoms with E-state index in [2.05, 4.69) is 69.4 Å². The summed E-state index contributed by atoms with van der Waals surface area (Å²) in [6.07, 6.45) is 63.7. The van der Waals surface area contributed by atoms with Crippen LogP contribution in [-0.2, 0) is 28.6 Å². The number of carbonyl (C=O) groups is 3. The Morgan fingerprint density at radius 1 is 0.312 bits per heavy atom. The Morgan fingerprint density at radius 2 is 0.578 bits per heavy atom. The third-order valence-corrected chi connectivity index (χ3v) is 12.0. The van der Waals surface area contributed by atoms with Crippen LogP contribution in [0.4, 0.5) is 0 Å². The lowest BCUT2D eigenvalue weighted by molar-refractivity contribution is -0.167. The van der Waals surface area contributed by atoms with Gasteiger partial charge < -0.3 is 14.2 Å². The van der Waals surface area contributed by atoms with Crippen molar-refractivity contribution in [1.82, 2.24) is 0 Å². The van der Waals surface area contributed by atoms with Crippen molar-refractivity contribution in [3.05, 3.63) is 48.6 Å². The van der Waals surface area contributed by atoms with Crippen LogP contribution < -0.4 is 0 Å². The molecule has 372 valence electrons. The molecule has 0 aliphatic heterocycles. The zero-order chi connectivity index (χ0) is 46.5. The van der Waals surface area contributed by atoms with Gasteiger partial charge in [0.2, 0.25) is 0 Å². The smallest absolute Gasteiger partial charge is 0.306 e. The topological polar surface area (TPSA) is 78.9 Å². The highest BCUT2D eigenvalue weighted by Gasteiger charge is 2.19. The molecule has 0 aromatic heterocycles. The van der Waals surface area contributed by atoms with Crippen LogP contribution in [0.15, 0.2) is 48.6 Å². The maximum atomic E-state index is 12.8. The second-order valence-corrected chi connectivity index (χ2v) is 18.5. The molecule has 0 aromatic carbocycles. The molecule has 0 saturated carbocycles. The van der Waals surface area contributed by atoms with Gasteiger partial charge in [-0.2, -0.15) is 0 Å². The number of ether oxygens (including phenoxy) is 3. The number of unbranched alkanes of at least 4 members (excludes halogenated alkanes) is 31. The zero-order valence-electron chi connectivity index (χ0n) is 42.6. The number of allylic oxidation sites excluding steroid dienone is 8. The summed E-state index contributed by atoms with van der Waals surface area (Å²) in [7, 11) is 0. The van der Waals surface area contributed by atoms with Crippen molar-refractivity contribution in [2.75, 3.05) is 13.2 Å².